The minimum atomic E-state index is -4.31. The summed E-state index contributed by atoms with van der Waals surface area (Å²) in [7, 11) is 0. The van der Waals surface area contributed by atoms with Crippen molar-refractivity contribution in [3.63, 3.8) is 0 Å². The van der Waals surface area contributed by atoms with Crippen molar-refractivity contribution >= 4 is 31.9 Å². The summed E-state index contributed by atoms with van der Waals surface area (Å²) in [6.45, 7) is 1.62. The molecule has 0 fully saturated rings. The average Bonchev–Trinajstić information content (AvgIpc) is 1.94. The Labute approximate surface area is 90.4 Å². The summed E-state index contributed by atoms with van der Waals surface area (Å²) >= 11 is 5.93. The first kappa shape index (κ1) is 11.0. The summed E-state index contributed by atoms with van der Waals surface area (Å²) in [5.41, 5.74) is -0.0962. The Morgan fingerprint density at radius 2 is 1.69 bits per heavy atom. The number of aryl methyl sites for hydroxylation is 1. The van der Waals surface area contributed by atoms with E-state index in [1.807, 2.05) is 0 Å². The predicted molar refractivity (Wildman–Crippen MR) is 51.6 cm³/mol. The van der Waals surface area contributed by atoms with Crippen LogP contribution >= 0.6 is 31.9 Å². The zero-order chi connectivity index (χ0) is 10.2. The standard InChI is InChI=1S/C8H5Br2F3/c1-4-2-5(9)3-6(7(4)10)8(11,12)13/h2-3H,1H3. The van der Waals surface area contributed by atoms with Crippen molar-refractivity contribution in [1.29, 1.82) is 0 Å². The smallest absolute Gasteiger partial charge is 0.166 e. The molecule has 0 atom stereocenters. The number of hydrogen-bond donors (Lipinski definition) is 0. The van der Waals surface area contributed by atoms with E-state index >= 15 is 0 Å². The topological polar surface area (TPSA) is 0 Å². The summed E-state index contributed by atoms with van der Waals surface area (Å²) in [6.07, 6.45) is -4.31. The van der Waals surface area contributed by atoms with Crippen molar-refractivity contribution in [3.05, 3.63) is 32.2 Å². The second-order valence-corrected chi connectivity index (χ2v) is 4.29. The molecule has 0 N–H and O–H groups in total. The van der Waals surface area contributed by atoms with Crippen LogP contribution in [0.25, 0.3) is 0 Å². The van der Waals surface area contributed by atoms with Crippen LogP contribution < -0.4 is 0 Å². The van der Waals surface area contributed by atoms with E-state index in [9.17, 15) is 13.2 Å². The fourth-order valence-electron chi connectivity index (χ4n) is 0.932. The van der Waals surface area contributed by atoms with Gasteiger partial charge >= 0.3 is 6.18 Å². The largest absolute Gasteiger partial charge is 0.417 e. The quantitative estimate of drug-likeness (QED) is 0.659. The zero-order valence-electron chi connectivity index (χ0n) is 6.54. The maximum atomic E-state index is 12.4. The summed E-state index contributed by atoms with van der Waals surface area (Å²) in [5.74, 6) is 0. The van der Waals surface area contributed by atoms with Crippen LogP contribution in [0.3, 0.4) is 0 Å². The molecule has 0 aliphatic heterocycles. The van der Waals surface area contributed by atoms with E-state index in [-0.39, 0.29) is 4.47 Å². The second kappa shape index (κ2) is 3.61. The molecule has 0 saturated heterocycles. The van der Waals surface area contributed by atoms with Crippen molar-refractivity contribution in [2.24, 2.45) is 0 Å². The van der Waals surface area contributed by atoms with Gasteiger partial charge in [0.2, 0.25) is 0 Å². The summed E-state index contributed by atoms with van der Waals surface area (Å²) in [4.78, 5) is 0. The molecule has 0 amide bonds. The van der Waals surface area contributed by atoms with Gasteiger partial charge in [0.1, 0.15) is 0 Å². The van der Waals surface area contributed by atoms with E-state index in [0.717, 1.165) is 6.07 Å². The van der Waals surface area contributed by atoms with E-state index in [2.05, 4.69) is 31.9 Å². The molecular formula is C8H5Br2F3. The van der Waals surface area contributed by atoms with E-state index in [1.54, 1.807) is 13.0 Å². The fourth-order valence-corrected chi connectivity index (χ4v) is 1.96. The highest BCUT2D eigenvalue weighted by Gasteiger charge is 2.33. The third kappa shape index (κ3) is 2.47. The van der Waals surface area contributed by atoms with E-state index < -0.39 is 11.7 Å². The molecule has 0 saturated carbocycles. The number of hydrogen-bond acceptors (Lipinski definition) is 0. The Balaban J connectivity index is 3.37. The molecule has 0 aromatic heterocycles. The Hall–Kier alpha value is -0.0300. The van der Waals surface area contributed by atoms with E-state index in [1.165, 1.54) is 0 Å². The summed E-state index contributed by atoms with van der Waals surface area (Å²) in [6, 6.07) is 2.68. The van der Waals surface area contributed by atoms with Crippen molar-refractivity contribution in [2.45, 2.75) is 13.1 Å². The third-order valence-electron chi connectivity index (χ3n) is 1.52. The van der Waals surface area contributed by atoms with Crippen LogP contribution in [0.15, 0.2) is 21.1 Å². The average molecular weight is 318 g/mol. The number of alkyl halides is 3. The molecule has 5 heteroatoms. The van der Waals surface area contributed by atoms with Gasteiger partial charge in [0, 0.05) is 8.95 Å². The first-order valence-electron chi connectivity index (χ1n) is 3.35. The first-order valence-corrected chi connectivity index (χ1v) is 4.94. The lowest BCUT2D eigenvalue weighted by atomic mass is 10.1. The molecule has 13 heavy (non-hydrogen) atoms. The third-order valence-corrected chi connectivity index (χ3v) is 3.04. The molecule has 0 aliphatic carbocycles. The Kier molecular flexibility index (Phi) is 3.07. The van der Waals surface area contributed by atoms with Crippen LogP contribution in [-0.4, -0.2) is 0 Å². The monoisotopic (exact) mass is 316 g/mol. The lowest BCUT2D eigenvalue weighted by Crippen LogP contribution is -2.06. The second-order valence-electron chi connectivity index (χ2n) is 2.58. The van der Waals surface area contributed by atoms with Gasteiger partial charge < -0.3 is 0 Å². The molecule has 0 heterocycles. The molecule has 0 bridgehead atoms. The lowest BCUT2D eigenvalue weighted by molar-refractivity contribution is -0.138. The van der Waals surface area contributed by atoms with Crippen LogP contribution in [-0.2, 0) is 6.18 Å². The van der Waals surface area contributed by atoms with Crippen LogP contribution in [0.1, 0.15) is 11.1 Å². The van der Waals surface area contributed by atoms with Gasteiger partial charge in [-0.15, -0.1) is 0 Å². The molecule has 0 spiro atoms. The van der Waals surface area contributed by atoms with Crippen molar-refractivity contribution in [2.75, 3.05) is 0 Å². The van der Waals surface area contributed by atoms with Gasteiger partial charge in [0.05, 0.1) is 5.56 Å². The van der Waals surface area contributed by atoms with Gasteiger partial charge in [-0.2, -0.15) is 13.2 Å². The van der Waals surface area contributed by atoms with Crippen LogP contribution in [0, 0.1) is 6.92 Å². The molecule has 72 valence electrons. The SMILES string of the molecule is Cc1cc(Br)cc(C(F)(F)F)c1Br. The minimum Gasteiger partial charge on any atom is -0.166 e. The highest BCUT2D eigenvalue weighted by molar-refractivity contribution is 9.11. The fraction of sp³-hybridized carbons (Fsp3) is 0.250. The van der Waals surface area contributed by atoms with Crippen molar-refractivity contribution in [3.8, 4) is 0 Å². The lowest BCUT2D eigenvalue weighted by Gasteiger charge is -2.11. The summed E-state index contributed by atoms with van der Waals surface area (Å²) in [5, 5.41) is 0. The van der Waals surface area contributed by atoms with Gasteiger partial charge in [0.15, 0.2) is 0 Å². The van der Waals surface area contributed by atoms with Crippen molar-refractivity contribution < 1.29 is 13.2 Å². The predicted octanol–water partition coefficient (Wildman–Crippen LogP) is 4.54. The summed E-state index contributed by atoms with van der Waals surface area (Å²) < 4.78 is 37.6. The number of halogens is 5. The van der Waals surface area contributed by atoms with E-state index in [0.29, 0.717) is 10.0 Å². The highest BCUT2D eigenvalue weighted by Crippen LogP contribution is 2.38. The molecule has 0 unspecified atom stereocenters. The van der Waals surface area contributed by atoms with E-state index in [4.69, 9.17) is 0 Å². The molecular weight excluding hydrogens is 313 g/mol. The van der Waals surface area contributed by atoms with Gasteiger partial charge in [-0.25, -0.2) is 0 Å². The zero-order valence-corrected chi connectivity index (χ0v) is 9.72. The minimum absolute atomic E-state index is 0.100. The Bertz CT molecular complexity index is 331. The maximum Gasteiger partial charge on any atom is 0.417 e. The number of rotatable bonds is 0. The molecule has 0 aliphatic rings. The molecule has 1 aromatic rings. The highest BCUT2D eigenvalue weighted by atomic mass is 79.9. The van der Waals surface area contributed by atoms with Gasteiger partial charge in [0.25, 0.3) is 0 Å². The van der Waals surface area contributed by atoms with Gasteiger partial charge in [-0.1, -0.05) is 15.9 Å². The normalized spacial score (nSPS) is 11.8. The molecule has 0 radical (unpaired) electrons. The van der Waals surface area contributed by atoms with Crippen molar-refractivity contribution in [1.82, 2.24) is 0 Å². The molecule has 1 rings (SSSR count). The van der Waals surface area contributed by atoms with Gasteiger partial charge in [-0.05, 0) is 40.5 Å². The maximum absolute atomic E-state index is 12.4. The Morgan fingerprint density at radius 3 is 2.15 bits per heavy atom. The first-order chi connectivity index (χ1) is 5.82. The van der Waals surface area contributed by atoms with Crippen LogP contribution in [0.4, 0.5) is 13.2 Å². The molecule has 0 nitrogen and oxygen atoms in total. The number of benzene rings is 1. The van der Waals surface area contributed by atoms with Crippen LogP contribution in [0.5, 0.6) is 0 Å². The van der Waals surface area contributed by atoms with Crippen LogP contribution in [0.2, 0.25) is 0 Å². The van der Waals surface area contributed by atoms with Gasteiger partial charge in [-0.3, -0.25) is 0 Å². The Morgan fingerprint density at radius 1 is 1.15 bits per heavy atom. The molecule has 1 aromatic carbocycles.